The smallest absolute Gasteiger partial charge is 0.237 e. The highest BCUT2D eigenvalue weighted by Crippen LogP contribution is 2.18. The second-order valence-corrected chi connectivity index (χ2v) is 3.71. The van der Waals surface area contributed by atoms with Crippen molar-refractivity contribution in [3.8, 4) is 0 Å². The predicted molar refractivity (Wildman–Crippen MR) is 56.7 cm³/mol. The Labute approximate surface area is 89.1 Å². The van der Waals surface area contributed by atoms with Crippen LogP contribution in [-0.4, -0.2) is 35.8 Å². The van der Waals surface area contributed by atoms with Gasteiger partial charge in [-0.25, -0.2) is 0 Å². The largest absolute Gasteiger partial charge is 0.368 e. The van der Waals surface area contributed by atoms with Gasteiger partial charge >= 0.3 is 0 Å². The third kappa shape index (κ3) is 3.06. The first-order valence-corrected chi connectivity index (χ1v) is 5.05. The fraction of sp³-hybridized carbons (Fsp3) is 0.600. The molecule has 1 aliphatic carbocycles. The highest BCUT2D eigenvalue weighted by atomic mass is 16.2. The van der Waals surface area contributed by atoms with Gasteiger partial charge in [0.1, 0.15) is 0 Å². The van der Waals surface area contributed by atoms with Gasteiger partial charge in [-0.2, -0.15) is 0 Å². The fourth-order valence-electron chi connectivity index (χ4n) is 1.68. The van der Waals surface area contributed by atoms with Gasteiger partial charge in [0.05, 0.1) is 12.5 Å². The molecule has 0 saturated carbocycles. The first-order valence-electron chi connectivity index (χ1n) is 5.05. The first-order chi connectivity index (χ1) is 7.04. The summed E-state index contributed by atoms with van der Waals surface area (Å²) in [6.07, 6.45) is 4.24. The van der Waals surface area contributed by atoms with E-state index in [1.54, 1.807) is 6.08 Å². The van der Waals surface area contributed by atoms with Gasteiger partial charge in [0.25, 0.3) is 0 Å². The second-order valence-electron chi connectivity index (χ2n) is 3.71. The number of hydrogen-bond acceptors (Lipinski definition) is 3. The van der Waals surface area contributed by atoms with Crippen molar-refractivity contribution in [2.24, 2.45) is 17.4 Å². The number of primary amides is 1. The van der Waals surface area contributed by atoms with Crippen molar-refractivity contribution < 1.29 is 9.59 Å². The summed E-state index contributed by atoms with van der Waals surface area (Å²) in [7, 11) is 0. The van der Waals surface area contributed by atoms with E-state index in [-0.39, 0.29) is 24.4 Å². The van der Waals surface area contributed by atoms with E-state index in [9.17, 15) is 9.59 Å². The molecule has 1 aliphatic rings. The van der Waals surface area contributed by atoms with Crippen molar-refractivity contribution >= 4 is 11.8 Å². The lowest BCUT2D eigenvalue weighted by molar-refractivity contribution is -0.137. The highest BCUT2D eigenvalue weighted by Gasteiger charge is 2.26. The standard InChI is InChI=1S/C10H17N3O2/c1-2-13(6-9(12)14)10(15)7-3-4-8(11)5-7/h3-4,7-8H,2,5-6,11H2,1H3,(H2,12,14). The van der Waals surface area contributed by atoms with Gasteiger partial charge in [0, 0.05) is 12.6 Å². The molecule has 0 aromatic heterocycles. The molecule has 5 heteroatoms. The third-order valence-electron chi connectivity index (χ3n) is 2.47. The van der Waals surface area contributed by atoms with Crippen molar-refractivity contribution in [1.29, 1.82) is 0 Å². The third-order valence-corrected chi connectivity index (χ3v) is 2.47. The Morgan fingerprint density at radius 2 is 2.13 bits per heavy atom. The van der Waals surface area contributed by atoms with Gasteiger partial charge in [-0.15, -0.1) is 0 Å². The van der Waals surface area contributed by atoms with Gasteiger partial charge in [-0.05, 0) is 13.3 Å². The fourth-order valence-corrected chi connectivity index (χ4v) is 1.68. The van der Waals surface area contributed by atoms with E-state index in [1.807, 2.05) is 13.0 Å². The summed E-state index contributed by atoms with van der Waals surface area (Å²) in [4.78, 5) is 24.1. The van der Waals surface area contributed by atoms with Crippen LogP contribution in [0.25, 0.3) is 0 Å². The molecule has 0 radical (unpaired) electrons. The number of amides is 2. The molecular formula is C10H17N3O2. The van der Waals surface area contributed by atoms with Crippen LogP contribution in [0.15, 0.2) is 12.2 Å². The zero-order valence-electron chi connectivity index (χ0n) is 8.85. The minimum absolute atomic E-state index is 0.0189. The van der Waals surface area contributed by atoms with Crippen LogP contribution in [0.4, 0.5) is 0 Å². The van der Waals surface area contributed by atoms with E-state index in [4.69, 9.17) is 11.5 Å². The summed E-state index contributed by atoms with van der Waals surface area (Å²) in [5.41, 5.74) is 10.7. The molecule has 15 heavy (non-hydrogen) atoms. The van der Waals surface area contributed by atoms with E-state index in [2.05, 4.69) is 0 Å². The Kier molecular flexibility index (Phi) is 3.85. The van der Waals surface area contributed by atoms with Gasteiger partial charge in [0.2, 0.25) is 11.8 Å². The Bertz CT molecular complexity index is 288. The number of rotatable bonds is 4. The van der Waals surface area contributed by atoms with E-state index >= 15 is 0 Å². The zero-order chi connectivity index (χ0) is 11.4. The number of nitrogens with two attached hydrogens (primary N) is 2. The lowest BCUT2D eigenvalue weighted by atomic mass is 10.1. The maximum Gasteiger partial charge on any atom is 0.237 e. The van der Waals surface area contributed by atoms with Gasteiger partial charge in [-0.1, -0.05) is 12.2 Å². The summed E-state index contributed by atoms with van der Waals surface area (Å²) < 4.78 is 0. The monoisotopic (exact) mass is 211 g/mol. The summed E-state index contributed by atoms with van der Waals surface area (Å²) in [5.74, 6) is -0.753. The predicted octanol–water partition coefficient (Wildman–Crippen LogP) is -0.776. The van der Waals surface area contributed by atoms with Crippen LogP contribution in [0, 0.1) is 5.92 Å². The minimum Gasteiger partial charge on any atom is -0.368 e. The quantitative estimate of drug-likeness (QED) is 0.598. The Morgan fingerprint density at radius 1 is 1.47 bits per heavy atom. The Hall–Kier alpha value is -1.36. The van der Waals surface area contributed by atoms with E-state index in [1.165, 1.54) is 4.90 Å². The van der Waals surface area contributed by atoms with Crippen LogP contribution in [-0.2, 0) is 9.59 Å². The van der Waals surface area contributed by atoms with Gasteiger partial charge < -0.3 is 16.4 Å². The Balaban J connectivity index is 2.57. The maximum atomic E-state index is 11.9. The molecule has 5 nitrogen and oxygen atoms in total. The molecule has 4 N–H and O–H groups in total. The number of carbonyl (C=O) groups excluding carboxylic acids is 2. The second kappa shape index (κ2) is 4.93. The van der Waals surface area contributed by atoms with Crippen molar-refractivity contribution in [3.63, 3.8) is 0 Å². The molecule has 0 aliphatic heterocycles. The molecule has 0 aromatic carbocycles. The molecule has 0 heterocycles. The summed E-state index contributed by atoms with van der Waals surface area (Å²) in [5, 5.41) is 0. The van der Waals surface area contributed by atoms with Gasteiger partial charge in [0.15, 0.2) is 0 Å². The van der Waals surface area contributed by atoms with Crippen LogP contribution < -0.4 is 11.5 Å². The SMILES string of the molecule is CCN(CC(N)=O)C(=O)C1C=CC(N)C1. The van der Waals surface area contributed by atoms with Crippen LogP contribution in [0.2, 0.25) is 0 Å². The molecule has 1 rings (SSSR count). The Morgan fingerprint density at radius 3 is 2.53 bits per heavy atom. The maximum absolute atomic E-state index is 11.9. The van der Waals surface area contributed by atoms with E-state index < -0.39 is 5.91 Å². The molecule has 0 bridgehead atoms. The van der Waals surface area contributed by atoms with Crippen LogP contribution in [0.5, 0.6) is 0 Å². The average Bonchev–Trinajstić information content (AvgIpc) is 2.60. The molecule has 0 saturated heterocycles. The van der Waals surface area contributed by atoms with Gasteiger partial charge in [-0.3, -0.25) is 9.59 Å². The molecule has 0 aromatic rings. The summed E-state index contributed by atoms with van der Waals surface area (Å²) >= 11 is 0. The number of carbonyl (C=O) groups is 2. The lowest BCUT2D eigenvalue weighted by Gasteiger charge is -2.22. The molecule has 84 valence electrons. The van der Waals surface area contributed by atoms with E-state index in [0.717, 1.165) is 0 Å². The number of hydrogen-bond donors (Lipinski definition) is 2. The molecule has 2 amide bonds. The lowest BCUT2D eigenvalue weighted by Crippen LogP contribution is -2.41. The van der Waals surface area contributed by atoms with Crippen molar-refractivity contribution in [2.45, 2.75) is 19.4 Å². The average molecular weight is 211 g/mol. The molecule has 2 atom stereocenters. The zero-order valence-corrected chi connectivity index (χ0v) is 8.85. The van der Waals surface area contributed by atoms with Crippen molar-refractivity contribution in [3.05, 3.63) is 12.2 Å². The van der Waals surface area contributed by atoms with E-state index in [0.29, 0.717) is 13.0 Å². The molecule has 0 fully saturated rings. The van der Waals surface area contributed by atoms with Crippen LogP contribution in [0.3, 0.4) is 0 Å². The normalized spacial score (nSPS) is 24.1. The van der Waals surface area contributed by atoms with Crippen LogP contribution >= 0.6 is 0 Å². The summed E-state index contributed by atoms with van der Waals surface area (Å²) in [6.45, 7) is 2.29. The first kappa shape index (κ1) is 11.7. The highest BCUT2D eigenvalue weighted by molar-refractivity contribution is 5.86. The topological polar surface area (TPSA) is 89.4 Å². The summed E-state index contributed by atoms with van der Waals surface area (Å²) in [6, 6.07) is -0.0498. The molecular weight excluding hydrogens is 194 g/mol. The molecule has 0 spiro atoms. The number of likely N-dealkylation sites (N-methyl/N-ethyl adjacent to an activating group) is 1. The number of nitrogens with zero attached hydrogens (tertiary/aromatic N) is 1. The van der Waals surface area contributed by atoms with Crippen molar-refractivity contribution in [2.75, 3.05) is 13.1 Å². The molecule has 2 unspecified atom stereocenters. The minimum atomic E-state index is -0.489. The van der Waals surface area contributed by atoms with Crippen LogP contribution in [0.1, 0.15) is 13.3 Å². The van der Waals surface area contributed by atoms with Crippen molar-refractivity contribution in [1.82, 2.24) is 4.90 Å².